The first kappa shape index (κ1) is 9.59. The fraction of sp³-hybridized carbons (Fsp3) is 0.455. The molecule has 76 valence electrons. The van der Waals surface area contributed by atoms with Gasteiger partial charge in [-0.1, -0.05) is 13.0 Å². The molecule has 0 saturated carbocycles. The summed E-state index contributed by atoms with van der Waals surface area (Å²) in [6, 6.07) is 2.84. The van der Waals surface area contributed by atoms with Crippen LogP contribution in [0.15, 0.2) is 12.1 Å². The molecule has 1 nitrogen and oxygen atoms in total. The van der Waals surface area contributed by atoms with Gasteiger partial charge in [-0.05, 0) is 24.5 Å². The highest BCUT2D eigenvalue weighted by atomic mass is 19.2. The van der Waals surface area contributed by atoms with Crippen LogP contribution < -0.4 is 0 Å². The fourth-order valence-corrected chi connectivity index (χ4v) is 1.89. The second-order valence-electron chi connectivity index (χ2n) is 3.45. The molecule has 1 aromatic carbocycles. The van der Waals surface area contributed by atoms with Crippen molar-refractivity contribution in [1.29, 1.82) is 0 Å². The van der Waals surface area contributed by atoms with E-state index >= 15 is 0 Å². The normalized spacial score (nSPS) is 20.6. The van der Waals surface area contributed by atoms with Gasteiger partial charge in [0, 0.05) is 5.56 Å². The largest absolute Gasteiger partial charge is 0.373 e. The fourth-order valence-electron chi connectivity index (χ4n) is 1.89. The molecule has 2 rings (SSSR count). The minimum atomic E-state index is -0.785. The van der Waals surface area contributed by atoms with Crippen LogP contribution in [0.2, 0.25) is 0 Å². The summed E-state index contributed by atoms with van der Waals surface area (Å²) in [5.41, 5.74) is 1.29. The zero-order valence-electron chi connectivity index (χ0n) is 8.02. The summed E-state index contributed by atoms with van der Waals surface area (Å²) in [5, 5.41) is 0. The van der Waals surface area contributed by atoms with E-state index in [1.165, 1.54) is 6.07 Å². The maximum atomic E-state index is 13.5. The van der Waals surface area contributed by atoms with Gasteiger partial charge in [-0.15, -0.1) is 0 Å². The van der Waals surface area contributed by atoms with Crippen molar-refractivity contribution in [2.45, 2.75) is 25.9 Å². The Hall–Kier alpha value is -0.960. The lowest BCUT2D eigenvalue weighted by Crippen LogP contribution is -2.18. The van der Waals surface area contributed by atoms with E-state index in [1.54, 1.807) is 6.07 Å². The average Bonchev–Trinajstić information content (AvgIpc) is 2.23. The minimum absolute atomic E-state index is 0.283. The lowest BCUT2D eigenvalue weighted by molar-refractivity contribution is 0.0365. The van der Waals surface area contributed by atoms with Crippen LogP contribution in [0.1, 0.15) is 30.6 Å². The summed E-state index contributed by atoms with van der Waals surface area (Å²) in [5.74, 6) is -1.53. The molecule has 1 heterocycles. The smallest absolute Gasteiger partial charge is 0.164 e. The Kier molecular flexibility index (Phi) is 2.50. The third-order valence-corrected chi connectivity index (χ3v) is 2.61. The van der Waals surface area contributed by atoms with Crippen LogP contribution in [-0.2, 0) is 11.2 Å². The van der Waals surface area contributed by atoms with Crippen molar-refractivity contribution in [3.05, 3.63) is 34.9 Å². The molecule has 0 bridgehead atoms. The highest BCUT2D eigenvalue weighted by Crippen LogP contribution is 2.32. The molecule has 0 unspecified atom stereocenters. The summed E-state index contributed by atoms with van der Waals surface area (Å²) in [6.07, 6.45) is 1.06. The maximum Gasteiger partial charge on any atom is 0.164 e. The Bertz CT molecular complexity index is 349. The Morgan fingerprint density at radius 2 is 2.21 bits per heavy atom. The van der Waals surface area contributed by atoms with Crippen LogP contribution in [0.3, 0.4) is 0 Å². The van der Waals surface area contributed by atoms with Gasteiger partial charge < -0.3 is 4.74 Å². The number of ether oxygens (including phenoxy) is 1. The molecule has 1 aromatic rings. The third-order valence-electron chi connectivity index (χ3n) is 2.61. The van der Waals surface area contributed by atoms with E-state index in [9.17, 15) is 8.78 Å². The number of rotatable bonds is 1. The summed E-state index contributed by atoms with van der Waals surface area (Å²) in [4.78, 5) is 0. The molecular weight excluding hydrogens is 186 g/mol. The van der Waals surface area contributed by atoms with Crippen LogP contribution in [-0.4, -0.2) is 6.61 Å². The predicted octanol–water partition coefficient (Wildman–Crippen LogP) is 2.99. The number of halogens is 2. The summed E-state index contributed by atoms with van der Waals surface area (Å²) in [6.45, 7) is 2.50. The molecule has 0 N–H and O–H groups in total. The van der Waals surface area contributed by atoms with Gasteiger partial charge in [0.25, 0.3) is 0 Å². The molecule has 1 aliphatic heterocycles. The monoisotopic (exact) mass is 198 g/mol. The molecule has 0 aliphatic carbocycles. The van der Waals surface area contributed by atoms with E-state index in [0.29, 0.717) is 25.0 Å². The molecule has 1 atom stereocenters. The van der Waals surface area contributed by atoms with Crippen LogP contribution in [0.25, 0.3) is 0 Å². The van der Waals surface area contributed by atoms with Crippen molar-refractivity contribution in [1.82, 2.24) is 0 Å². The van der Waals surface area contributed by atoms with E-state index in [0.717, 1.165) is 5.56 Å². The van der Waals surface area contributed by atoms with Crippen molar-refractivity contribution in [3.8, 4) is 0 Å². The number of fused-ring (bicyclic) bond motifs is 1. The van der Waals surface area contributed by atoms with E-state index in [2.05, 4.69) is 0 Å². The van der Waals surface area contributed by atoms with Crippen LogP contribution in [0, 0.1) is 11.6 Å². The van der Waals surface area contributed by atoms with Gasteiger partial charge >= 0.3 is 0 Å². The SMILES string of the molecule is CC[C@@H]1OCCc2ccc(F)c(F)c21. The Morgan fingerprint density at radius 1 is 1.43 bits per heavy atom. The molecule has 1 aliphatic rings. The van der Waals surface area contributed by atoms with Gasteiger partial charge in [-0.2, -0.15) is 0 Å². The molecule has 3 heteroatoms. The molecular formula is C11H12F2O. The highest BCUT2D eigenvalue weighted by Gasteiger charge is 2.24. The Labute approximate surface area is 81.7 Å². The van der Waals surface area contributed by atoms with Gasteiger partial charge in [-0.3, -0.25) is 0 Å². The Morgan fingerprint density at radius 3 is 2.93 bits per heavy atom. The van der Waals surface area contributed by atoms with Crippen molar-refractivity contribution in [2.24, 2.45) is 0 Å². The molecule has 0 amide bonds. The molecule has 0 saturated heterocycles. The van der Waals surface area contributed by atoms with E-state index in [4.69, 9.17) is 4.74 Å². The first-order valence-electron chi connectivity index (χ1n) is 4.82. The van der Waals surface area contributed by atoms with Crippen molar-refractivity contribution >= 4 is 0 Å². The van der Waals surface area contributed by atoms with Crippen LogP contribution >= 0.6 is 0 Å². The highest BCUT2D eigenvalue weighted by molar-refractivity contribution is 5.33. The zero-order valence-corrected chi connectivity index (χ0v) is 8.02. The quantitative estimate of drug-likeness (QED) is 0.674. The molecule has 14 heavy (non-hydrogen) atoms. The first-order chi connectivity index (χ1) is 6.74. The lowest BCUT2D eigenvalue weighted by atomic mass is 9.95. The number of hydrogen-bond acceptors (Lipinski definition) is 1. The topological polar surface area (TPSA) is 9.23 Å². The number of hydrogen-bond donors (Lipinski definition) is 0. The van der Waals surface area contributed by atoms with Gasteiger partial charge in [0.2, 0.25) is 0 Å². The van der Waals surface area contributed by atoms with Gasteiger partial charge in [0.15, 0.2) is 11.6 Å². The standard InChI is InChI=1S/C11H12F2O/c1-2-9-10-7(5-6-14-9)3-4-8(12)11(10)13/h3-4,9H,2,5-6H2,1H3/t9-/m0/s1. The van der Waals surface area contributed by atoms with Crippen molar-refractivity contribution < 1.29 is 13.5 Å². The average molecular weight is 198 g/mol. The van der Waals surface area contributed by atoms with Crippen LogP contribution in [0.4, 0.5) is 8.78 Å². The molecule has 0 aromatic heterocycles. The van der Waals surface area contributed by atoms with E-state index in [-0.39, 0.29) is 6.10 Å². The number of benzene rings is 1. The van der Waals surface area contributed by atoms with Gasteiger partial charge in [-0.25, -0.2) is 8.78 Å². The lowest BCUT2D eigenvalue weighted by Gasteiger charge is -2.25. The second-order valence-corrected chi connectivity index (χ2v) is 3.45. The van der Waals surface area contributed by atoms with Crippen molar-refractivity contribution in [3.63, 3.8) is 0 Å². The predicted molar refractivity (Wildman–Crippen MR) is 49.0 cm³/mol. The molecule has 0 fully saturated rings. The van der Waals surface area contributed by atoms with Crippen molar-refractivity contribution in [2.75, 3.05) is 6.61 Å². The Balaban J connectivity index is 2.53. The van der Waals surface area contributed by atoms with Gasteiger partial charge in [0.1, 0.15) is 0 Å². The summed E-state index contributed by atoms with van der Waals surface area (Å²) < 4.78 is 31.8. The van der Waals surface area contributed by atoms with E-state index < -0.39 is 11.6 Å². The molecule has 0 spiro atoms. The maximum absolute atomic E-state index is 13.5. The van der Waals surface area contributed by atoms with E-state index in [1.807, 2.05) is 6.92 Å². The summed E-state index contributed by atoms with van der Waals surface area (Å²) >= 11 is 0. The minimum Gasteiger partial charge on any atom is -0.373 e. The van der Waals surface area contributed by atoms with Gasteiger partial charge in [0.05, 0.1) is 12.7 Å². The first-order valence-corrected chi connectivity index (χ1v) is 4.82. The third kappa shape index (κ3) is 1.42. The molecule has 0 radical (unpaired) electrons. The second kappa shape index (κ2) is 3.65. The zero-order chi connectivity index (χ0) is 10.1. The van der Waals surface area contributed by atoms with Crippen LogP contribution in [0.5, 0.6) is 0 Å². The summed E-state index contributed by atoms with van der Waals surface area (Å²) in [7, 11) is 0.